The van der Waals surface area contributed by atoms with Gasteiger partial charge in [0.2, 0.25) is 0 Å². The van der Waals surface area contributed by atoms with E-state index in [1.807, 2.05) is 6.07 Å². The minimum atomic E-state index is -0.245. The van der Waals surface area contributed by atoms with Crippen molar-refractivity contribution < 1.29 is 4.79 Å². The third-order valence-electron chi connectivity index (χ3n) is 6.26. The molecule has 1 amide bonds. The lowest BCUT2D eigenvalue weighted by atomic mass is 9.67. The van der Waals surface area contributed by atoms with Gasteiger partial charge in [-0.1, -0.05) is 6.42 Å². The molecule has 3 aliphatic rings. The number of nitrogens with two attached hydrogens (primary N) is 1. The summed E-state index contributed by atoms with van der Waals surface area (Å²) in [5, 5.41) is 3.19. The third-order valence-corrected chi connectivity index (χ3v) is 6.26. The number of carbonyl (C=O) groups is 1. The van der Waals surface area contributed by atoms with E-state index in [2.05, 4.69) is 10.3 Å². The molecule has 0 radical (unpaired) electrons. The van der Waals surface area contributed by atoms with Crippen molar-refractivity contribution >= 4 is 18.3 Å². The van der Waals surface area contributed by atoms with E-state index in [1.54, 1.807) is 0 Å². The van der Waals surface area contributed by atoms with Gasteiger partial charge in [-0.3, -0.25) is 9.59 Å². The average molecular weight is 366 g/mol. The fraction of sp³-hybridized carbons (Fsp3) is 0.684. The molecule has 5 nitrogen and oxygen atoms in total. The molecule has 2 unspecified atom stereocenters. The number of amides is 1. The number of carbonyl (C=O) groups excluding carboxylic acids is 1. The maximum absolute atomic E-state index is 12.8. The molecule has 3 aliphatic carbocycles. The zero-order valence-electron chi connectivity index (χ0n) is 14.6. The van der Waals surface area contributed by atoms with E-state index in [-0.39, 0.29) is 41.5 Å². The number of H-pyrrole nitrogens is 1. The fourth-order valence-electron chi connectivity index (χ4n) is 5.10. The summed E-state index contributed by atoms with van der Waals surface area (Å²) in [7, 11) is 0. The van der Waals surface area contributed by atoms with Crippen LogP contribution >= 0.6 is 12.4 Å². The highest BCUT2D eigenvalue weighted by Crippen LogP contribution is 2.39. The number of halogens is 1. The van der Waals surface area contributed by atoms with Crippen LogP contribution in [0.1, 0.15) is 66.6 Å². The first-order valence-corrected chi connectivity index (χ1v) is 9.43. The number of aromatic amines is 1. The summed E-state index contributed by atoms with van der Waals surface area (Å²) in [5.41, 5.74) is 8.35. The van der Waals surface area contributed by atoms with Crippen LogP contribution in [-0.4, -0.2) is 23.0 Å². The molecule has 25 heavy (non-hydrogen) atoms. The normalized spacial score (nSPS) is 30.8. The van der Waals surface area contributed by atoms with E-state index in [0.29, 0.717) is 11.8 Å². The van der Waals surface area contributed by atoms with Crippen LogP contribution in [-0.2, 0) is 12.8 Å². The standard InChI is InChI=1S/C19H27N3O2.ClH/c20-14-8-12-5-3-6-13(9-14)17(12)22-19(24)15-10-11-4-1-2-7-16(11)21-18(15)23;/h10,12-14,17H,1-9,20H2,(H,21,23)(H,22,24);1H. The molecule has 4 N–H and O–H groups in total. The molecule has 2 bridgehead atoms. The van der Waals surface area contributed by atoms with Gasteiger partial charge in [0.25, 0.3) is 11.5 Å². The maximum atomic E-state index is 12.8. The Labute approximate surface area is 154 Å². The predicted octanol–water partition coefficient (Wildman–Crippen LogP) is 2.31. The summed E-state index contributed by atoms with van der Waals surface area (Å²) in [4.78, 5) is 28.0. The molecular formula is C19H28ClN3O2. The Morgan fingerprint density at radius 3 is 2.52 bits per heavy atom. The molecule has 4 rings (SSSR count). The quantitative estimate of drug-likeness (QED) is 0.751. The monoisotopic (exact) mass is 365 g/mol. The van der Waals surface area contributed by atoms with E-state index in [9.17, 15) is 9.59 Å². The van der Waals surface area contributed by atoms with Crippen LogP contribution in [0.4, 0.5) is 0 Å². The third kappa shape index (κ3) is 3.63. The lowest BCUT2D eigenvalue weighted by molar-refractivity contribution is 0.0754. The molecule has 0 aromatic carbocycles. The molecule has 0 aliphatic heterocycles. The second-order valence-corrected chi connectivity index (χ2v) is 7.90. The molecule has 6 heteroatoms. The Morgan fingerprint density at radius 1 is 1.12 bits per heavy atom. The van der Waals surface area contributed by atoms with Crippen molar-refractivity contribution in [3.63, 3.8) is 0 Å². The number of hydrogen-bond donors (Lipinski definition) is 3. The first-order chi connectivity index (χ1) is 11.6. The van der Waals surface area contributed by atoms with E-state index in [1.165, 1.54) is 6.42 Å². The van der Waals surface area contributed by atoms with Crippen molar-refractivity contribution in [2.24, 2.45) is 17.6 Å². The lowest BCUT2D eigenvalue weighted by Crippen LogP contribution is -2.54. The van der Waals surface area contributed by atoms with Crippen molar-refractivity contribution in [2.45, 2.75) is 69.9 Å². The lowest BCUT2D eigenvalue weighted by Gasteiger charge is -2.45. The largest absolute Gasteiger partial charge is 0.349 e. The molecule has 1 aromatic rings. The summed E-state index contributed by atoms with van der Waals surface area (Å²) >= 11 is 0. The van der Waals surface area contributed by atoms with Crippen LogP contribution in [0.3, 0.4) is 0 Å². The minimum absolute atomic E-state index is 0. The Balaban J connectivity index is 0.00000182. The number of aromatic nitrogens is 1. The Morgan fingerprint density at radius 2 is 1.80 bits per heavy atom. The van der Waals surface area contributed by atoms with Gasteiger partial charge in [-0.2, -0.15) is 0 Å². The molecule has 138 valence electrons. The first-order valence-electron chi connectivity index (χ1n) is 9.43. The van der Waals surface area contributed by atoms with Crippen LogP contribution in [0.25, 0.3) is 0 Å². The minimum Gasteiger partial charge on any atom is -0.349 e. The molecule has 0 saturated heterocycles. The fourth-order valence-corrected chi connectivity index (χ4v) is 5.10. The number of hydrogen-bond acceptors (Lipinski definition) is 3. The average Bonchev–Trinajstić information content (AvgIpc) is 2.55. The molecular weight excluding hydrogens is 338 g/mol. The molecule has 2 saturated carbocycles. The predicted molar refractivity (Wildman–Crippen MR) is 100 cm³/mol. The Bertz CT molecular complexity index is 688. The van der Waals surface area contributed by atoms with Crippen molar-refractivity contribution in [3.05, 3.63) is 33.2 Å². The van der Waals surface area contributed by atoms with Crippen molar-refractivity contribution in [3.8, 4) is 0 Å². The van der Waals surface area contributed by atoms with Gasteiger partial charge in [-0.05, 0) is 74.8 Å². The van der Waals surface area contributed by atoms with Gasteiger partial charge in [0.15, 0.2) is 0 Å². The molecule has 2 fully saturated rings. The highest BCUT2D eigenvalue weighted by atomic mass is 35.5. The SMILES string of the molecule is Cl.NC1CC2CCCC(C1)C2NC(=O)c1cc2c([nH]c1=O)CCCC2. The van der Waals surface area contributed by atoms with Crippen LogP contribution in [0.15, 0.2) is 10.9 Å². The summed E-state index contributed by atoms with van der Waals surface area (Å²) in [5.74, 6) is 0.725. The van der Waals surface area contributed by atoms with Crippen molar-refractivity contribution in [2.75, 3.05) is 0 Å². The summed E-state index contributed by atoms with van der Waals surface area (Å²) in [6.45, 7) is 0. The van der Waals surface area contributed by atoms with Crippen LogP contribution in [0.5, 0.6) is 0 Å². The number of rotatable bonds is 2. The molecule has 0 spiro atoms. The van der Waals surface area contributed by atoms with Gasteiger partial charge in [-0.25, -0.2) is 0 Å². The maximum Gasteiger partial charge on any atom is 0.261 e. The van der Waals surface area contributed by atoms with E-state index < -0.39 is 0 Å². The van der Waals surface area contributed by atoms with Gasteiger partial charge >= 0.3 is 0 Å². The molecule has 1 aromatic heterocycles. The Hall–Kier alpha value is -1.33. The summed E-state index contributed by atoms with van der Waals surface area (Å²) < 4.78 is 0. The van der Waals surface area contributed by atoms with Gasteiger partial charge < -0.3 is 16.0 Å². The van der Waals surface area contributed by atoms with Crippen molar-refractivity contribution in [1.29, 1.82) is 0 Å². The van der Waals surface area contributed by atoms with Gasteiger partial charge in [0, 0.05) is 17.8 Å². The first kappa shape index (κ1) is 18.5. The zero-order chi connectivity index (χ0) is 16.7. The molecule has 1 heterocycles. The molecule has 2 atom stereocenters. The van der Waals surface area contributed by atoms with Crippen LogP contribution < -0.4 is 16.6 Å². The smallest absolute Gasteiger partial charge is 0.261 e. The summed E-state index contributed by atoms with van der Waals surface area (Å²) in [6.07, 6.45) is 9.58. The highest BCUT2D eigenvalue weighted by molar-refractivity contribution is 5.94. The van der Waals surface area contributed by atoms with Crippen LogP contribution in [0, 0.1) is 11.8 Å². The Kier molecular flexibility index (Phi) is 5.54. The highest BCUT2D eigenvalue weighted by Gasteiger charge is 2.40. The van der Waals surface area contributed by atoms with E-state index in [0.717, 1.165) is 62.6 Å². The number of aryl methyl sites for hydroxylation is 2. The summed E-state index contributed by atoms with van der Waals surface area (Å²) in [6, 6.07) is 2.27. The zero-order valence-corrected chi connectivity index (χ0v) is 15.4. The van der Waals surface area contributed by atoms with Crippen LogP contribution in [0.2, 0.25) is 0 Å². The van der Waals surface area contributed by atoms with Gasteiger partial charge in [0.05, 0.1) is 0 Å². The van der Waals surface area contributed by atoms with Crippen molar-refractivity contribution in [1.82, 2.24) is 10.3 Å². The number of fused-ring (bicyclic) bond motifs is 3. The topological polar surface area (TPSA) is 88.0 Å². The number of pyridine rings is 1. The number of nitrogens with one attached hydrogen (secondary N) is 2. The van der Waals surface area contributed by atoms with Gasteiger partial charge in [0.1, 0.15) is 5.56 Å². The second kappa shape index (κ2) is 7.50. The second-order valence-electron chi connectivity index (χ2n) is 7.90. The van der Waals surface area contributed by atoms with E-state index >= 15 is 0 Å². The van der Waals surface area contributed by atoms with Gasteiger partial charge in [-0.15, -0.1) is 12.4 Å². The van der Waals surface area contributed by atoms with E-state index in [4.69, 9.17) is 5.73 Å².